The summed E-state index contributed by atoms with van der Waals surface area (Å²) >= 11 is 0. The highest BCUT2D eigenvalue weighted by Gasteiger charge is 2.32. The van der Waals surface area contributed by atoms with Crippen LogP contribution < -0.4 is 4.83 Å². The summed E-state index contributed by atoms with van der Waals surface area (Å²) in [5, 5.41) is 4.23. The van der Waals surface area contributed by atoms with Crippen LogP contribution in [-0.2, 0) is 10.0 Å². The van der Waals surface area contributed by atoms with Gasteiger partial charge < -0.3 is 0 Å². The smallest absolute Gasteiger partial charge is 0.200 e. The molecule has 5 heteroatoms. The Morgan fingerprint density at radius 3 is 2.30 bits per heavy atom. The van der Waals surface area contributed by atoms with Gasteiger partial charge in [-0.05, 0) is 55.6 Å². The Bertz CT molecular complexity index is 670. The maximum atomic E-state index is 12.3. The molecule has 0 saturated heterocycles. The quantitative estimate of drug-likeness (QED) is 0.844. The summed E-state index contributed by atoms with van der Waals surface area (Å²) in [7, 11) is -3.58. The molecular weight excluding hydrogens is 308 g/mol. The third-order valence-electron chi connectivity index (χ3n) is 4.82. The molecule has 0 aliphatic heterocycles. The molecule has 0 amide bonds. The van der Waals surface area contributed by atoms with Gasteiger partial charge in [0.25, 0.3) is 10.0 Å². The van der Waals surface area contributed by atoms with Crippen LogP contribution in [0.2, 0.25) is 0 Å². The van der Waals surface area contributed by atoms with Crippen LogP contribution >= 0.6 is 0 Å². The lowest BCUT2D eigenvalue weighted by Gasteiger charge is -2.37. The Kier molecular flexibility index (Phi) is 5.19. The van der Waals surface area contributed by atoms with Crippen molar-refractivity contribution in [3.8, 4) is 0 Å². The molecule has 4 nitrogen and oxygen atoms in total. The van der Waals surface area contributed by atoms with E-state index in [0.29, 0.717) is 17.3 Å². The number of nitrogens with zero attached hydrogens (tertiary/aromatic N) is 1. The van der Waals surface area contributed by atoms with Crippen LogP contribution in [0.1, 0.15) is 52.5 Å². The summed E-state index contributed by atoms with van der Waals surface area (Å²) in [6.45, 7) is 10.9. The van der Waals surface area contributed by atoms with E-state index >= 15 is 0 Å². The molecule has 1 fully saturated rings. The number of benzene rings is 1. The summed E-state index contributed by atoms with van der Waals surface area (Å²) in [6.07, 6.45) is 2.99. The zero-order chi connectivity index (χ0) is 17.3. The molecular formula is C18H28N2O2S. The monoisotopic (exact) mass is 336 g/mol. The van der Waals surface area contributed by atoms with Crippen molar-refractivity contribution in [2.45, 2.75) is 58.8 Å². The topological polar surface area (TPSA) is 58.5 Å². The molecule has 1 N–H and O–H groups in total. The third-order valence-corrected chi connectivity index (χ3v) is 6.05. The van der Waals surface area contributed by atoms with E-state index in [4.69, 9.17) is 0 Å². The molecule has 2 rings (SSSR count). The van der Waals surface area contributed by atoms with E-state index in [1.807, 2.05) is 6.92 Å². The number of nitrogens with one attached hydrogen (secondary N) is 1. The summed E-state index contributed by atoms with van der Waals surface area (Å²) in [5.41, 5.74) is 2.28. The highest BCUT2D eigenvalue weighted by atomic mass is 32.2. The second-order valence-electron chi connectivity index (χ2n) is 7.75. The Labute approximate surface area is 140 Å². The average molecular weight is 337 g/mol. The maximum Gasteiger partial charge on any atom is 0.276 e. The molecule has 1 aromatic carbocycles. The molecule has 2 atom stereocenters. The van der Waals surface area contributed by atoms with Gasteiger partial charge in [0.15, 0.2) is 0 Å². The first kappa shape index (κ1) is 18.0. The van der Waals surface area contributed by atoms with E-state index in [9.17, 15) is 8.42 Å². The van der Waals surface area contributed by atoms with Crippen molar-refractivity contribution >= 4 is 15.7 Å². The Balaban J connectivity index is 2.07. The lowest BCUT2D eigenvalue weighted by Crippen LogP contribution is -2.32. The highest BCUT2D eigenvalue weighted by molar-refractivity contribution is 7.89. The fourth-order valence-corrected chi connectivity index (χ4v) is 3.93. The molecule has 1 aliphatic rings. The second kappa shape index (κ2) is 6.63. The standard InChI is InChI=1S/C18H28N2O2S/c1-13-6-9-16(10-7-13)23(21,22)20-19-17-11-8-15(12-14(17)2)18(3,4)5/h6-7,9-10,14-15,20H,8,11-12H2,1-5H3/b19-17-/t14-,15-/m1/s1. The van der Waals surface area contributed by atoms with E-state index in [1.165, 1.54) is 0 Å². The minimum absolute atomic E-state index is 0.253. The molecule has 128 valence electrons. The van der Waals surface area contributed by atoms with Crippen molar-refractivity contribution in [1.82, 2.24) is 4.83 Å². The van der Waals surface area contributed by atoms with E-state index in [0.717, 1.165) is 30.5 Å². The molecule has 0 heterocycles. The minimum Gasteiger partial charge on any atom is -0.200 e. The van der Waals surface area contributed by atoms with Gasteiger partial charge in [0.2, 0.25) is 0 Å². The second-order valence-corrected chi connectivity index (χ2v) is 9.41. The van der Waals surface area contributed by atoms with Crippen molar-refractivity contribution < 1.29 is 8.42 Å². The van der Waals surface area contributed by atoms with Crippen molar-refractivity contribution in [3.05, 3.63) is 29.8 Å². The fourth-order valence-electron chi connectivity index (χ4n) is 3.09. The Morgan fingerprint density at radius 1 is 1.17 bits per heavy atom. The number of rotatable bonds is 3. The maximum absolute atomic E-state index is 12.3. The van der Waals surface area contributed by atoms with Crippen LogP contribution in [0, 0.1) is 24.2 Å². The van der Waals surface area contributed by atoms with Crippen LogP contribution in [0.5, 0.6) is 0 Å². The molecule has 0 unspecified atom stereocenters. The van der Waals surface area contributed by atoms with Crippen molar-refractivity contribution in [3.63, 3.8) is 0 Å². The number of aryl methyl sites for hydroxylation is 1. The predicted octanol–water partition coefficient (Wildman–Crippen LogP) is 4.11. The van der Waals surface area contributed by atoms with Gasteiger partial charge in [-0.15, -0.1) is 0 Å². The van der Waals surface area contributed by atoms with Crippen molar-refractivity contribution in [2.75, 3.05) is 0 Å². The first-order valence-electron chi connectivity index (χ1n) is 8.24. The van der Waals surface area contributed by atoms with Gasteiger partial charge in [-0.3, -0.25) is 0 Å². The summed E-state index contributed by atoms with van der Waals surface area (Å²) in [4.78, 5) is 2.66. The zero-order valence-electron chi connectivity index (χ0n) is 14.8. The van der Waals surface area contributed by atoms with Crippen LogP contribution in [-0.4, -0.2) is 14.1 Å². The zero-order valence-corrected chi connectivity index (χ0v) is 15.6. The van der Waals surface area contributed by atoms with E-state index in [2.05, 4.69) is 37.6 Å². The average Bonchev–Trinajstić information content (AvgIpc) is 2.45. The van der Waals surface area contributed by atoms with Gasteiger partial charge in [-0.2, -0.15) is 13.5 Å². The van der Waals surface area contributed by atoms with Gasteiger partial charge >= 0.3 is 0 Å². The molecule has 1 aliphatic carbocycles. The molecule has 23 heavy (non-hydrogen) atoms. The fraction of sp³-hybridized carbons (Fsp3) is 0.611. The first-order valence-corrected chi connectivity index (χ1v) is 9.73. The summed E-state index contributed by atoms with van der Waals surface area (Å²) < 4.78 is 24.6. The molecule has 0 bridgehead atoms. The molecule has 1 aromatic rings. The van der Waals surface area contributed by atoms with Gasteiger partial charge in [0.1, 0.15) is 0 Å². The van der Waals surface area contributed by atoms with Crippen LogP contribution in [0.25, 0.3) is 0 Å². The SMILES string of the molecule is Cc1ccc(S(=O)(=O)N/N=C2/CC[C@@H](C(C)(C)C)C[C@H]2C)cc1. The molecule has 0 aromatic heterocycles. The highest BCUT2D eigenvalue weighted by Crippen LogP contribution is 2.39. The first-order chi connectivity index (χ1) is 10.6. The number of sulfonamides is 1. The summed E-state index contributed by atoms with van der Waals surface area (Å²) in [6, 6.07) is 6.80. The third kappa shape index (κ3) is 4.56. The lowest BCUT2D eigenvalue weighted by molar-refractivity contribution is 0.190. The van der Waals surface area contributed by atoms with Gasteiger partial charge in [-0.25, -0.2) is 4.83 Å². The van der Waals surface area contributed by atoms with E-state index < -0.39 is 10.0 Å². The Hall–Kier alpha value is -1.36. The normalized spacial score (nSPS) is 24.7. The van der Waals surface area contributed by atoms with E-state index in [1.54, 1.807) is 24.3 Å². The molecule has 0 spiro atoms. The molecule has 1 saturated carbocycles. The Morgan fingerprint density at radius 2 is 1.78 bits per heavy atom. The van der Waals surface area contributed by atoms with Gasteiger partial charge in [0, 0.05) is 5.71 Å². The van der Waals surface area contributed by atoms with Crippen LogP contribution in [0.3, 0.4) is 0 Å². The van der Waals surface area contributed by atoms with Crippen LogP contribution in [0.4, 0.5) is 0 Å². The van der Waals surface area contributed by atoms with Gasteiger partial charge in [0.05, 0.1) is 4.90 Å². The van der Waals surface area contributed by atoms with E-state index in [-0.39, 0.29) is 4.90 Å². The predicted molar refractivity (Wildman–Crippen MR) is 94.9 cm³/mol. The largest absolute Gasteiger partial charge is 0.276 e. The number of hydrogen-bond acceptors (Lipinski definition) is 3. The number of hydrazone groups is 1. The number of hydrogen-bond donors (Lipinski definition) is 1. The van der Waals surface area contributed by atoms with Crippen molar-refractivity contribution in [2.24, 2.45) is 22.4 Å². The van der Waals surface area contributed by atoms with Gasteiger partial charge in [-0.1, -0.05) is 45.4 Å². The molecule has 0 radical (unpaired) electrons. The van der Waals surface area contributed by atoms with Crippen molar-refractivity contribution in [1.29, 1.82) is 0 Å². The van der Waals surface area contributed by atoms with Crippen LogP contribution in [0.15, 0.2) is 34.3 Å². The summed E-state index contributed by atoms with van der Waals surface area (Å²) in [5.74, 6) is 0.971. The lowest BCUT2D eigenvalue weighted by atomic mass is 9.69. The minimum atomic E-state index is -3.58.